The highest BCUT2D eigenvalue weighted by Gasteiger charge is 2.78. The lowest BCUT2D eigenvalue weighted by Crippen LogP contribution is -2.56. The molecule has 3 saturated heterocycles. The number of nitrogens with zero attached hydrogens (tertiary/aromatic N) is 3. The third-order valence-electron chi connectivity index (χ3n) is 8.75. The highest BCUT2D eigenvalue weighted by atomic mass is 16.5. The summed E-state index contributed by atoms with van der Waals surface area (Å²) in [4.78, 5) is 47.4. The number of carbonyl (C=O) groups excluding carboxylic acids is 3. The molecule has 2 unspecified atom stereocenters. The molecule has 1 spiro atoms. The molecule has 8 heteroatoms. The summed E-state index contributed by atoms with van der Waals surface area (Å²) in [7, 11) is 1.71. The van der Waals surface area contributed by atoms with E-state index in [1.54, 1.807) is 33.9 Å². The molecule has 3 amide bonds. The first-order chi connectivity index (χ1) is 18.1. The lowest BCUT2D eigenvalue weighted by Gasteiger charge is -2.37. The minimum Gasteiger partial charge on any atom is -0.396 e. The van der Waals surface area contributed by atoms with Gasteiger partial charge < -0.3 is 24.5 Å². The second-order valence-electron chi connectivity index (χ2n) is 11.0. The molecule has 0 saturated carbocycles. The monoisotopic (exact) mass is 523 g/mol. The Labute approximate surface area is 225 Å². The molecule has 206 valence electrons. The van der Waals surface area contributed by atoms with Crippen LogP contribution in [0.3, 0.4) is 0 Å². The Morgan fingerprint density at radius 1 is 1.18 bits per heavy atom. The summed E-state index contributed by atoms with van der Waals surface area (Å²) in [6, 6.07) is 5.05. The molecule has 3 aliphatic rings. The molecule has 8 nitrogen and oxygen atoms in total. The average Bonchev–Trinajstić information content (AvgIpc) is 3.50. The molecule has 0 aromatic heterocycles. The molecule has 1 aromatic rings. The number of likely N-dealkylation sites (tertiary alicyclic amines) is 1. The summed E-state index contributed by atoms with van der Waals surface area (Å²) < 4.78 is 6.84. The van der Waals surface area contributed by atoms with Gasteiger partial charge in [0.15, 0.2) is 0 Å². The van der Waals surface area contributed by atoms with Gasteiger partial charge in [-0.2, -0.15) is 0 Å². The van der Waals surface area contributed by atoms with Crippen LogP contribution in [0.1, 0.15) is 43.7 Å². The topological polar surface area (TPSA) is 90.4 Å². The lowest BCUT2D eigenvalue weighted by molar-refractivity contribution is -0.150. The molecule has 38 heavy (non-hydrogen) atoms. The smallest absolute Gasteiger partial charge is 0.253 e. The van der Waals surface area contributed by atoms with Crippen LogP contribution in [0.2, 0.25) is 0 Å². The quantitative estimate of drug-likeness (QED) is 0.451. The van der Waals surface area contributed by atoms with Crippen LogP contribution < -0.4 is 4.90 Å². The van der Waals surface area contributed by atoms with Crippen LogP contribution in [0.4, 0.5) is 5.69 Å². The Morgan fingerprint density at radius 2 is 1.89 bits per heavy atom. The van der Waals surface area contributed by atoms with Gasteiger partial charge >= 0.3 is 0 Å². The largest absolute Gasteiger partial charge is 0.396 e. The molecule has 4 rings (SSSR count). The van der Waals surface area contributed by atoms with E-state index >= 15 is 0 Å². The first kappa shape index (κ1) is 28.0. The number of hydrogen-bond acceptors (Lipinski definition) is 5. The second kappa shape index (κ2) is 10.7. The molecule has 0 radical (unpaired) electrons. The number of aliphatic hydroxyl groups is 1. The molecular formula is C30H41N3O5. The van der Waals surface area contributed by atoms with Crippen molar-refractivity contribution in [2.24, 2.45) is 11.8 Å². The van der Waals surface area contributed by atoms with Gasteiger partial charge in [0, 0.05) is 39.0 Å². The fraction of sp³-hybridized carbons (Fsp3) is 0.567. The van der Waals surface area contributed by atoms with Crippen LogP contribution in [0.15, 0.2) is 43.5 Å². The van der Waals surface area contributed by atoms with Crippen LogP contribution >= 0.6 is 0 Å². The number of likely N-dealkylation sites (N-methyl/N-ethyl adjacent to an activating group) is 1. The van der Waals surface area contributed by atoms with Gasteiger partial charge in [-0.15, -0.1) is 13.2 Å². The van der Waals surface area contributed by atoms with E-state index in [9.17, 15) is 19.5 Å². The predicted octanol–water partition coefficient (Wildman–Crippen LogP) is 3.00. The van der Waals surface area contributed by atoms with E-state index in [0.29, 0.717) is 32.2 Å². The van der Waals surface area contributed by atoms with E-state index in [1.807, 2.05) is 39.0 Å². The predicted molar refractivity (Wildman–Crippen MR) is 147 cm³/mol. The van der Waals surface area contributed by atoms with Crippen molar-refractivity contribution in [1.29, 1.82) is 0 Å². The second-order valence-corrected chi connectivity index (χ2v) is 11.0. The van der Waals surface area contributed by atoms with Crippen molar-refractivity contribution in [2.45, 2.75) is 63.7 Å². The summed E-state index contributed by atoms with van der Waals surface area (Å²) in [6.07, 6.45) is 5.37. The Morgan fingerprint density at radius 3 is 2.53 bits per heavy atom. The zero-order valence-electron chi connectivity index (χ0n) is 23.1. The summed E-state index contributed by atoms with van der Waals surface area (Å²) in [5.74, 6) is -2.07. The van der Waals surface area contributed by atoms with E-state index in [2.05, 4.69) is 13.2 Å². The minimum absolute atomic E-state index is 0.111. The summed E-state index contributed by atoms with van der Waals surface area (Å²) in [6.45, 7) is 14.3. The third kappa shape index (κ3) is 4.18. The first-order valence-electron chi connectivity index (χ1n) is 13.6. The molecule has 3 aliphatic heterocycles. The fourth-order valence-corrected chi connectivity index (χ4v) is 6.97. The van der Waals surface area contributed by atoms with Crippen molar-refractivity contribution in [3.05, 3.63) is 54.6 Å². The molecule has 3 fully saturated rings. The maximum atomic E-state index is 14.6. The molecule has 1 aromatic carbocycles. The number of benzene rings is 1. The number of anilines is 1. The van der Waals surface area contributed by atoms with Crippen molar-refractivity contribution in [3.8, 4) is 0 Å². The number of hydrogen-bond donors (Lipinski definition) is 1. The summed E-state index contributed by atoms with van der Waals surface area (Å²) in [5, 5.41) is 9.61. The minimum atomic E-state index is -1.11. The van der Waals surface area contributed by atoms with E-state index in [-0.39, 0.29) is 37.4 Å². The average molecular weight is 524 g/mol. The maximum absolute atomic E-state index is 14.6. The third-order valence-corrected chi connectivity index (χ3v) is 8.75. The van der Waals surface area contributed by atoms with Gasteiger partial charge in [0.1, 0.15) is 11.6 Å². The zero-order chi connectivity index (χ0) is 27.8. The Kier molecular flexibility index (Phi) is 7.86. The molecular weight excluding hydrogens is 482 g/mol. The Hall–Kier alpha value is -2.97. The lowest BCUT2D eigenvalue weighted by atomic mass is 9.64. The van der Waals surface area contributed by atoms with Gasteiger partial charge in [-0.25, -0.2) is 0 Å². The molecule has 1 N–H and O–H groups in total. The first-order valence-corrected chi connectivity index (χ1v) is 13.6. The zero-order valence-corrected chi connectivity index (χ0v) is 23.1. The van der Waals surface area contributed by atoms with Gasteiger partial charge in [0.25, 0.3) is 5.91 Å². The van der Waals surface area contributed by atoms with Crippen LogP contribution in [-0.2, 0) is 19.1 Å². The molecule has 5 atom stereocenters. The van der Waals surface area contributed by atoms with Gasteiger partial charge in [-0.1, -0.05) is 31.2 Å². The highest BCUT2D eigenvalue weighted by Crippen LogP contribution is 2.64. The summed E-state index contributed by atoms with van der Waals surface area (Å²) >= 11 is 0. The van der Waals surface area contributed by atoms with Crippen molar-refractivity contribution in [2.75, 3.05) is 38.2 Å². The van der Waals surface area contributed by atoms with E-state index in [1.165, 1.54) is 0 Å². The number of amides is 3. The van der Waals surface area contributed by atoms with Crippen molar-refractivity contribution < 1.29 is 24.2 Å². The standard InChI is InChI=1S/C30H41N3O5/c1-7-15-31(6)26(35)23-24-27(36)33(17-10-18-34)25(30(24)14-13-29(23,9-3)38-30)28(37)32(16-8-2)22-19-20(4)11-12-21(22)5/h7-8,11-12,19,23-25,34H,1-2,9-10,13-18H2,3-6H3/t23-,24+,25?,29+,30?/m1/s1. The number of ether oxygens (including phenoxy) is 1. The van der Waals surface area contributed by atoms with Crippen LogP contribution in [-0.4, -0.2) is 83.2 Å². The van der Waals surface area contributed by atoms with Crippen LogP contribution in [0.25, 0.3) is 0 Å². The number of carbonyl (C=O) groups is 3. The molecule has 3 heterocycles. The van der Waals surface area contributed by atoms with Gasteiger partial charge in [0.05, 0.1) is 17.4 Å². The van der Waals surface area contributed by atoms with Crippen molar-refractivity contribution in [3.63, 3.8) is 0 Å². The number of fused-ring (bicyclic) bond motifs is 1. The van der Waals surface area contributed by atoms with E-state index < -0.39 is 29.1 Å². The number of aryl methyl sites for hydroxylation is 2. The molecule has 2 bridgehead atoms. The maximum Gasteiger partial charge on any atom is 0.253 e. The van der Waals surface area contributed by atoms with E-state index in [4.69, 9.17) is 4.74 Å². The van der Waals surface area contributed by atoms with Crippen LogP contribution in [0, 0.1) is 25.7 Å². The fourth-order valence-electron chi connectivity index (χ4n) is 6.97. The summed E-state index contributed by atoms with van der Waals surface area (Å²) in [5.41, 5.74) is 0.817. The number of rotatable bonds is 11. The number of aliphatic hydroxyl groups excluding tert-OH is 1. The van der Waals surface area contributed by atoms with Gasteiger partial charge in [-0.3, -0.25) is 14.4 Å². The van der Waals surface area contributed by atoms with E-state index in [0.717, 1.165) is 16.8 Å². The molecule has 0 aliphatic carbocycles. The SMILES string of the molecule is C=CCN(C)C(=O)[C@H]1[C@H]2C(=O)N(CCCO)C(C(=O)N(CC=C)c3cc(C)ccc3C)C23CC[C@]1(CC)O3. The van der Waals surface area contributed by atoms with Gasteiger partial charge in [0.2, 0.25) is 11.8 Å². The Bertz CT molecular complexity index is 1130. The highest BCUT2D eigenvalue weighted by molar-refractivity contribution is 6.05. The Balaban J connectivity index is 1.84. The van der Waals surface area contributed by atoms with Crippen LogP contribution in [0.5, 0.6) is 0 Å². The van der Waals surface area contributed by atoms with Crippen molar-refractivity contribution >= 4 is 23.4 Å². The van der Waals surface area contributed by atoms with Gasteiger partial charge in [-0.05, 0) is 56.7 Å². The van der Waals surface area contributed by atoms with Crippen molar-refractivity contribution in [1.82, 2.24) is 9.80 Å². The normalized spacial score (nSPS) is 29.3.